The van der Waals surface area contributed by atoms with Crippen molar-refractivity contribution in [3.63, 3.8) is 0 Å². The van der Waals surface area contributed by atoms with Crippen LogP contribution in [-0.4, -0.2) is 25.5 Å². The van der Waals surface area contributed by atoms with Gasteiger partial charge in [-0.2, -0.15) is 0 Å². The molecule has 0 atom stereocenters. The zero-order valence-electron chi connectivity index (χ0n) is 14.7. The van der Waals surface area contributed by atoms with Crippen LogP contribution < -0.4 is 4.74 Å². The molecule has 0 heterocycles. The summed E-state index contributed by atoms with van der Waals surface area (Å²) in [5.41, 5.74) is 1.90. The molecule has 4 nitrogen and oxygen atoms in total. The summed E-state index contributed by atoms with van der Waals surface area (Å²) < 4.78 is 10.3. The first-order valence-corrected chi connectivity index (χ1v) is 8.13. The van der Waals surface area contributed by atoms with Gasteiger partial charge in [0.1, 0.15) is 5.75 Å². The molecule has 0 aliphatic heterocycles. The van der Waals surface area contributed by atoms with Crippen LogP contribution in [0.3, 0.4) is 0 Å². The monoisotopic (exact) mass is 338 g/mol. The smallest absolute Gasteiger partial charge is 0.337 e. The van der Waals surface area contributed by atoms with Crippen LogP contribution in [0.5, 0.6) is 5.75 Å². The molecular weight excluding hydrogens is 316 g/mol. The second kappa shape index (κ2) is 8.83. The molecule has 0 saturated heterocycles. The predicted octanol–water partition coefficient (Wildman–Crippen LogP) is 4.40. The molecule has 0 aliphatic rings. The molecule has 2 rings (SSSR count). The Labute approximate surface area is 148 Å². The van der Waals surface area contributed by atoms with Crippen molar-refractivity contribution >= 4 is 17.8 Å². The molecule has 4 heteroatoms. The van der Waals surface area contributed by atoms with Crippen LogP contribution >= 0.6 is 0 Å². The summed E-state index contributed by atoms with van der Waals surface area (Å²) in [5, 5.41) is 0. The summed E-state index contributed by atoms with van der Waals surface area (Å²) >= 11 is 0. The molecule has 2 aromatic carbocycles. The van der Waals surface area contributed by atoms with Gasteiger partial charge in [0.05, 0.1) is 19.3 Å². The quantitative estimate of drug-likeness (QED) is 0.426. The third-order valence-electron chi connectivity index (χ3n) is 3.48. The van der Waals surface area contributed by atoms with Crippen molar-refractivity contribution < 1.29 is 19.1 Å². The third-order valence-corrected chi connectivity index (χ3v) is 3.48. The van der Waals surface area contributed by atoms with Crippen LogP contribution in [0.2, 0.25) is 0 Å². The van der Waals surface area contributed by atoms with E-state index in [0.717, 1.165) is 11.3 Å². The molecule has 0 bridgehead atoms. The molecule has 0 unspecified atom stereocenters. The Morgan fingerprint density at radius 1 is 0.960 bits per heavy atom. The standard InChI is InChI=1S/C21H22O4/c1-15(2)14-25-19-11-9-17(10-12-19)20(22)13-6-16-4-7-18(8-5-16)21(23)24-3/h4-13,15H,14H2,1-3H3. The first-order chi connectivity index (χ1) is 12.0. The van der Waals surface area contributed by atoms with Gasteiger partial charge in [-0.1, -0.05) is 32.1 Å². The summed E-state index contributed by atoms with van der Waals surface area (Å²) in [5.74, 6) is 0.737. The van der Waals surface area contributed by atoms with Gasteiger partial charge < -0.3 is 9.47 Å². The van der Waals surface area contributed by atoms with Gasteiger partial charge in [0.25, 0.3) is 0 Å². The van der Waals surface area contributed by atoms with Crippen LogP contribution in [0.1, 0.15) is 40.1 Å². The lowest BCUT2D eigenvalue weighted by atomic mass is 10.1. The number of esters is 1. The average molecular weight is 338 g/mol. The largest absolute Gasteiger partial charge is 0.493 e. The minimum absolute atomic E-state index is 0.0903. The van der Waals surface area contributed by atoms with E-state index in [0.29, 0.717) is 23.7 Å². The minimum atomic E-state index is -0.383. The first kappa shape index (κ1) is 18.5. The second-order valence-corrected chi connectivity index (χ2v) is 6.04. The number of allylic oxidation sites excluding steroid dienone is 1. The van der Waals surface area contributed by atoms with Crippen molar-refractivity contribution in [2.24, 2.45) is 5.92 Å². The SMILES string of the molecule is COC(=O)c1ccc(C=CC(=O)c2ccc(OCC(C)C)cc2)cc1. The number of ketones is 1. The van der Waals surface area contributed by atoms with E-state index in [1.165, 1.54) is 13.2 Å². The maximum atomic E-state index is 12.2. The van der Waals surface area contributed by atoms with E-state index in [4.69, 9.17) is 4.74 Å². The molecule has 0 radical (unpaired) electrons. The molecule has 0 spiro atoms. The van der Waals surface area contributed by atoms with Crippen LogP contribution in [0.4, 0.5) is 0 Å². The number of hydrogen-bond acceptors (Lipinski definition) is 4. The van der Waals surface area contributed by atoms with E-state index in [9.17, 15) is 9.59 Å². The van der Waals surface area contributed by atoms with Crippen LogP contribution in [0.15, 0.2) is 54.6 Å². The number of carbonyl (C=O) groups is 2. The normalized spacial score (nSPS) is 10.9. The molecule has 0 fully saturated rings. The van der Waals surface area contributed by atoms with Crippen molar-refractivity contribution in [1.29, 1.82) is 0 Å². The number of methoxy groups -OCH3 is 1. The van der Waals surface area contributed by atoms with E-state index in [2.05, 4.69) is 18.6 Å². The Morgan fingerprint density at radius 2 is 1.56 bits per heavy atom. The number of carbonyl (C=O) groups excluding carboxylic acids is 2. The zero-order chi connectivity index (χ0) is 18.2. The fourth-order valence-corrected chi connectivity index (χ4v) is 2.09. The maximum Gasteiger partial charge on any atom is 0.337 e. The molecule has 0 N–H and O–H groups in total. The second-order valence-electron chi connectivity index (χ2n) is 6.04. The van der Waals surface area contributed by atoms with Gasteiger partial charge in [0.15, 0.2) is 5.78 Å². The van der Waals surface area contributed by atoms with Crippen molar-refractivity contribution in [3.05, 3.63) is 71.3 Å². The molecule has 0 aliphatic carbocycles. The maximum absolute atomic E-state index is 12.2. The molecule has 0 aromatic heterocycles. The van der Waals surface area contributed by atoms with Crippen LogP contribution in [-0.2, 0) is 4.74 Å². The van der Waals surface area contributed by atoms with Crippen molar-refractivity contribution in [2.75, 3.05) is 13.7 Å². The average Bonchev–Trinajstić information content (AvgIpc) is 2.64. The van der Waals surface area contributed by atoms with E-state index in [1.807, 2.05) is 0 Å². The van der Waals surface area contributed by atoms with E-state index in [1.54, 1.807) is 54.6 Å². The van der Waals surface area contributed by atoms with Crippen LogP contribution in [0, 0.1) is 5.92 Å². The Balaban J connectivity index is 1.98. The van der Waals surface area contributed by atoms with E-state index < -0.39 is 0 Å². The highest BCUT2D eigenvalue weighted by Crippen LogP contribution is 2.15. The van der Waals surface area contributed by atoms with Gasteiger partial charge in [-0.05, 0) is 54.0 Å². The lowest BCUT2D eigenvalue weighted by Crippen LogP contribution is -2.04. The van der Waals surface area contributed by atoms with Gasteiger partial charge >= 0.3 is 5.97 Å². The van der Waals surface area contributed by atoms with Gasteiger partial charge in [0.2, 0.25) is 0 Å². The Kier molecular flexibility index (Phi) is 6.52. The minimum Gasteiger partial charge on any atom is -0.493 e. The number of hydrogen-bond donors (Lipinski definition) is 0. The molecule has 0 saturated carbocycles. The topological polar surface area (TPSA) is 52.6 Å². The highest BCUT2D eigenvalue weighted by Gasteiger charge is 2.05. The summed E-state index contributed by atoms with van der Waals surface area (Å²) in [6, 6.07) is 14.0. The molecule has 130 valence electrons. The summed E-state index contributed by atoms with van der Waals surface area (Å²) in [6.07, 6.45) is 3.23. The number of rotatable bonds is 7. The van der Waals surface area contributed by atoms with Crippen molar-refractivity contribution in [1.82, 2.24) is 0 Å². The summed E-state index contributed by atoms with van der Waals surface area (Å²) in [7, 11) is 1.34. The fraction of sp³-hybridized carbons (Fsp3) is 0.238. The zero-order valence-corrected chi connectivity index (χ0v) is 14.7. The van der Waals surface area contributed by atoms with Gasteiger partial charge in [-0.15, -0.1) is 0 Å². The van der Waals surface area contributed by atoms with E-state index in [-0.39, 0.29) is 11.8 Å². The lowest BCUT2D eigenvalue weighted by Gasteiger charge is -2.08. The lowest BCUT2D eigenvalue weighted by molar-refractivity contribution is 0.0600. The molecule has 0 amide bonds. The molecular formula is C21H22O4. The fourth-order valence-electron chi connectivity index (χ4n) is 2.09. The summed E-state index contributed by atoms with van der Waals surface area (Å²) in [4.78, 5) is 23.6. The van der Waals surface area contributed by atoms with Gasteiger partial charge in [-0.3, -0.25) is 4.79 Å². The Bertz CT molecular complexity index is 740. The number of ether oxygens (including phenoxy) is 2. The van der Waals surface area contributed by atoms with E-state index >= 15 is 0 Å². The van der Waals surface area contributed by atoms with Gasteiger partial charge in [0, 0.05) is 5.56 Å². The van der Waals surface area contributed by atoms with Crippen molar-refractivity contribution in [2.45, 2.75) is 13.8 Å². The highest BCUT2D eigenvalue weighted by atomic mass is 16.5. The highest BCUT2D eigenvalue weighted by molar-refractivity contribution is 6.06. The Morgan fingerprint density at radius 3 is 2.12 bits per heavy atom. The van der Waals surface area contributed by atoms with Crippen molar-refractivity contribution in [3.8, 4) is 5.75 Å². The van der Waals surface area contributed by atoms with Gasteiger partial charge in [-0.25, -0.2) is 4.79 Å². The number of benzene rings is 2. The predicted molar refractivity (Wildman–Crippen MR) is 97.9 cm³/mol. The van der Waals surface area contributed by atoms with Crippen LogP contribution in [0.25, 0.3) is 6.08 Å². The Hall–Kier alpha value is -2.88. The first-order valence-electron chi connectivity index (χ1n) is 8.13. The molecule has 25 heavy (non-hydrogen) atoms. The third kappa shape index (κ3) is 5.60. The summed E-state index contributed by atoms with van der Waals surface area (Å²) in [6.45, 7) is 4.82. The molecule has 2 aromatic rings.